The summed E-state index contributed by atoms with van der Waals surface area (Å²) in [4.78, 5) is 11.1. The first kappa shape index (κ1) is 14.0. The van der Waals surface area contributed by atoms with E-state index in [-0.39, 0.29) is 5.02 Å². The molecule has 8 heteroatoms. The van der Waals surface area contributed by atoms with Gasteiger partial charge in [0.2, 0.25) is 0 Å². The van der Waals surface area contributed by atoms with Crippen LogP contribution in [0, 0.1) is 5.82 Å². The highest BCUT2D eigenvalue weighted by Crippen LogP contribution is 2.28. The van der Waals surface area contributed by atoms with Crippen LogP contribution < -0.4 is 4.90 Å². The second-order valence-corrected chi connectivity index (χ2v) is 6.09. The molecule has 4 rings (SSSR count). The monoisotopic (exact) mass is 339 g/mol. The van der Waals surface area contributed by atoms with E-state index in [1.807, 2.05) is 10.6 Å². The summed E-state index contributed by atoms with van der Waals surface area (Å²) in [6, 6.07) is 2.94. The molecule has 1 aromatic carbocycles. The molecule has 22 heavy (non-hydrogen) atoms. The maximum Gasteiger partial charge on any atom is 0.180 e. The Morgan fingerprint density at radius 3 is 2.68 bits per heavy atom. The van der Waals surface area contributed by atoms with E-state index in [0.29, 0.717) is 5.52 Å². The van der Waals surface area contributed by atoms with Crippen molar-refractivity contribution in [2.24, 2.45) is 0 Å². The van der Waals surface area contributed by atoms with Crippen molar-refractivity contribution < 1.29 is 4.39 Å². The number of piperazine rings is 1. The van der Waals surface area contributed by atoms with Crippen molar-refractivity contribution in [1.82, 2.24) is 18.8 Å². The van der Waals surface area contributed by atoms with Gasteiger partial charge in [-0.3, -0.25) is 4.40 Å². The molecule has 0 amide bonds. The molecule has 3 heterocycles. The van der Waals surface area contributed by atoms with Crippen LogP contribution >= 0.6 is 23.4 Å². The van der Waals surface area contributed by atoms with Crippen LogP contribution in [0.2, 0.25) is 5.02 Å². The fourth-order valence-corrected chi connectivity index (χ4v) is 3.05. The van der Waals surface area contributed by atoms with Gasteiger partial charge in [-0.15, -0.1) is 0 Å². The predicted molar refractivity (Wildman–Crippen MR) is 85.1 cm³/mol. The molecule has 1 fully saturated rings. The lowest BCUT2D eigenvalue weighted by molar-refractivity contribution is 0.415. The molecule has 0 spiro atoms. The number of fused-ring (bicyclic) bond motifs is 3. The van der Waals surface area contributed by atoms with Crippen molar-refractivity contribution in [3.8, 4) is 0 Å². The van der Waals surface area contributed by atoms with Gasteiger partial charge in [0.25, 0.3) is 0 Å². The molecule has 1 aliphatic rings. The Morgan fingerprint density at radius 2 is 1.91 bits per heavy atom. The minimum absolute atomic E-state index is 0.0767. The third kappa shape index (κ3) is 2.18. The smallest absolute Gasteiger partial charge is 0.180 e. The average molecular weight is 340 g/mol. The molecule has 2 aromatic heterocycles. The maximum atomic E-state index is 13.8. The fourth-order valence-electron chi connectivity index (χ4n) is 2.74. The lowest BCUT2D eigenvalue weighted by atomic mass is 10.2. The highest BCUT2D eigenvalue weighted by Gasteiger charge is 2.21. The molecule has 1 saturated heterocycles. The zero-order valence-corrected chi connectivity index (χ0v) is 13.0. The van der Waals surface area contributed by atoms with Crippen LogP contribution in [0.4, 0.5) is 10.2 Å². The Balaban J connectivity index is 1.93. The van der Waals surface area contributed by atoms with Crippen LogP contribution in [0.15, 0.2) is 24.5 Å². The summed E-state index contributed by atoms with van der Waals surface area (Å²) >= 11 is 11.9. The van der Waals surface area contributed by atoms with Crippen molar-refractivity contribution >= 4 is 45.9 Å². The van der Waals surface area contributed by atoms with Crippen LogP contribution in [-0.4, -0.2) is 45.0 Å². The van der Waals surface area contributed by atoms with Gasteiger partial charge in [-0.05, 0) is 17.8 Å². The molecule has 0 aliphatic carbocycles. The van der Waals surface area contributed by atoms with Gasteiger partial charge in [0.05, 0.1) is 16.1 Å². The van der Waals surface area contributed by atoms with Crippen LogP contribution in [0.1, 0.15) is 0 Å². The second-order valence-electron chi connectivity index (χ2n) is 5.21. The number of hydrogen-bond acceptors (Lipinski definition) is 4. The first-order chi connectivity index (χ1) is 10.6. The first-order valence-electron chi connectivity index (χ1n) is 6.91. The molecule has 1 aliphatic heterocycles. The van der Waals surface area contributed by atoms with Gasteiger partial charge in [-0.2, -0.15) is 0 Å². The number of benzene rings is 1. The summed E-state index contributed by atoms with van der Waals surface area (Å²) in [5.41, 5.74) is 2.02. The van der Waals surface area contributed by atoms with Crippen molar-refractivity contribution in [3.63, 3.8) is 0 Å². The molecule has 5 nitrogen and oxygen atoms in total. The Labute approximate surface area is 136 Å². The minimum Gasteiger partial charge on any atom is -0.351 e. The van der Waals surface area contributed by atoms with Crippen molar-refractivity contribution in [2.45, 2.75) is 0 Å². The lowest BCUT2D eigenvalue weighted by Gasteiger charge is -2.31. The number of imidazole rings is 1. The molecule has 0 atom stereocenters. The summed E-state index contributed by atoms with van der Waals surface area (Å²) in [6.45, 7) is 2.98. The van der Waals surface area contributed by atoms with Crippen molar-refractivity contribution in [2.75, 3.05) is 31.1 Å². The maximum absolute atomic E-state index is 13.8. The summed E-state index contributed by atoms with van der Waals surface area (Å²) in [7, 11) is 0. The number of aromatic nitrogens is 3. The van der Waals surface area contributed by atoms with Crippen LogP contribution in [-0.2, 0) is 0 Å². The normalized spacial score (nSPS) is 16.8. The van der Waals surface area contributed by atoms with Gasteiger partial charge in [-0.25, -0.2) is 18.8 Å². The number of rotatable bonds is 1. The largest absolute Gasteiger partial charge is 0.351 e. The Kier molecular flexibility index (Phi) is 3.32. The van der Waals surface area contributed by atoms with E-state index in [9.17, 15) is 4.39 Å². The van der Waals surface area contributed by atoms with Gasteiger partial charge >= 0.3 is 0 Å². The fraction of sp³-hybridized carbons (Fsp3) is 0.286. The van der Waals surface area contributed by atoms with Crippen LogP contribution in [0.5, 0.6) is 0 Å². The van der Waals surface area contributed by atoms with E-state index in [1.165, 1.54) is 6.07 Å². The quantitative estimate of drug-likeness (QED) is 0.639. The van der Waals surface area contributed by atoms with Crippen LogP contribution in [0.25, 0.3) is 16.7 Å². The topological polar surface area (TPSA) is 36.7 Å². The highest BCUT2D eigenvalue weighted by atomic mass is 35.5. The van der Waals surface area contributed by atoms with Gasteiger partial charge < -0.3 is 4.90 Å². The standard InChI is InChI=1S/C14H12Cl2FN5/c15-9-7-12-11(8-10(9)17)19-14(13-18-1-2-22(12)13)20-3-5-21(16)6-4-20/h1-2,7-8H,3-6H2. The molecule has 0 radical (unpaired) electrons. The predicted octanol–water partition coefficient (Wildman–Crippen LogP) is 2.95. The molecule has 114 valence electrons. The summed E-state index contributed by atoms with van der Waals surface area (Å²) in [5.74, 6) is 0.265. The zero-order valence-electron chi connectivity index (χ0n) is 11.5. The molecular formula is C14H12Cl2FN5. The minimum atomic E-state index is -0.474. The van der Waals surface area contributed by atoms with Gasteiger partial charge in [0, 0.05) is 44.6 Å². The summed E-state index contributed by atoms with van der Waals surface area (Å²) in [5, 5.41) is 0.0767. The Hall–Kier alpha value is -1.63. The second kappa shape index (κ2) is 5.22. The molecule has 0 bridgehead atoms. The summed E-state index contributed by atoms with van der Waals surface area (Å²) in [6.07, 6.45) is 3.53. The Bertz CT molecular complexity index is 857. The van der Waals surface area contributed by atoms with E-state index >= 15 is 0 Å². The Morgan fingerprint density at radius 1 is 1.14 bits per heavy atom. The molecule has 3 aromatic rings. The number of halogens is 3. The lowest BCUT2D eigenvalue weighted by Crippen LogP contribution is -2.43. The first-order valence-corrected chi connectivity index (χ1v) is 7.62. The SMILES string of the molecule is Fc1cc2nc(N3CCN(Cl)CC3)c3nccn3c2cc1Cl. The highest BCUT2D eigenvalue weighted by molar-refractivity contribution is 6.31. The number of hydrogen-bond donors (Lipinski definition) is 0. The molecule has 0 unspecified atom stereocenters. The van der Waals surface area contributed by atoms with E-state index in [2.05, 4.69) is 14.9 Å². The average Bonchev–Trinajstić information content (AvgIpc) is 2.99. The molecule has 0 N–H and O–H groups in total. The van der Waals surface area contributed by atoms with E-state index in [1.54, 1.807) is 16.7 Å². The van der Waals surface area contributed by atoms with Crippen molar-refractivity contribution in [3.05, 3.63) is 35.4 Å². The zero-order chi connectivity index (χ0) is 15.3. The third-order valence-electron chi connectivity index (χ3n) is 3.87. The van der Waals surface area contributed by atoms with Crippen molar-refractivity contribution in [1.29, 1.82) is 0 Å². The number of anilines is 1. The third-order valence-corrected chi connectivity index (χ3v) is 4.50. The number of nitrogens with zero attached hydrogens (tertiary/aromatic N) is 5. The van der Waals surface area contributed by atoms with E-state index in [0.717, 1.165) is 43.2 Å². The van der Waals surface area contributed by atoms with Gasteiger partial charge in [-0.1, -0.05) is 11.6 Å². The summed E-state index contributed by atoms with van der Waals surface area (Å²) < 4.78 is 17.4. The van der Waals surface area contributed by atoms with Gasteiger partial charge in [0.1, 0.15) is 5.82 Å². The van der Waals surface area contributed by atoms with E-state index < -0.39 is 5.82 Å². The molecule has 0 saturated carbocycles. The van der Waals surface area contributed by atoms with Crippen LogP contribution in [0.3, 0.4) is 0 Å². The molecular weight excluding hydrogens is 328 g/mol. The van der Waals surface area contributed by atoms with Gasteiger partial charge in [0.15, 0.2) is 11.5 Å². The van der Waals surface area contributed by atoms with E-state index in [4.69, 9.17) is 23.4 Å².